The van der Waals surface area contributed by atoms with E-state index in [1.165, 1.54) is 0 Å². The van der Waals surface area contributed by atoms with Crippen molar-refractivity contribution in [2.75, 3.05) is 0 Å². The normalized spacial score (nSPS) is 11.7. The Hall–Kier alpha value is -1.00. The number of hydrogen-bond donors (Lipinski definition) is 1. The third-order valence-electron chi connectivity index (χ3n) is 1.67. The SMILES string of the molecule is C=C[C@@H](N)c1c(F)ccc(F)c1F.Cl. The van der Waals surface area contributed by atoms with Crippen LogP contribution in [0.4, 0.5) is 13.2 Å². The van der Waals surface area contributed by atoms with Gasteiger partial charge in [0.1, 0.15) is 5.82 Å². The molecule has 0 saturated heterocycles. The van der Waals surface area contributed by atoms with Gasteiger partial charge in [0.2, 0.25) is 0 Å². The zero-order valence-electron chi connectivity index (χ0n) is 7.14. The standard InChI is InChI=1S/C9H8F3N.ClH/c1-2-7(13)8-5(10)3-4-6(11)9(8)12;/h2-4,7H,1,13H2;1H/t7-;/m1./s1. The zero-order valence-corrected chi connectivity index (χ0v) is 7.95. The summed E-state index contributed by atoms with van der Waals surface area (Å²) in [6.07, 6.45) is 1.14. The zero-order chi connectivity index (χ0) is 10.0. The van der Waals surface area contributed by atoms with E-state index in [2.05, 4.69) is 6.58 Å². The van der Waals surface area contributed by atoms with Gasteiger partial charge in [-0.05, 0) is 12.1 Å². The van der Waals surface area contributed by atoms with E-state index in [0.717, 1.165) is 12.1 Å². The maximum Gasteiger partial charge on any atom is 0.166 e. The van der Waals surface area contributed by atoms with E-state index in [4.69, 9.17) is 5.73 Å². The van der Waals surface area contributed by atoms with Gasteiger partial charge in [0.05, 0.1) is 6.04 Å². The van der Waals surface area contributed by atoms with Gasteiger partial charge >= 0.3 is 0 Å². The van der Waals surface area contributed by atoms with E-state index < -0.39 is 29.1 Å². The molecule has 0 radical (unpaired) electrons. The van der Waals surface area contributed by atoms with E-state index in [9.17, 15) is 13.2 Å². The largest absolute Gasteiger partial charge is 0.321 e. The molecule has 14 heavy (non-hydrogen) atoms. The molecule has 2 N–H and O–H groups in total. The molecule has 0 saturated carbocycles. The number of rotatable bonds is 2. The maximum atomic E-state index is 13.0. The molecule has 1 rings (SSSR count). The minimum atomic E-state index is -1.26. The lowest BCUT2D eigenvalue weighted by Gasteiger charge is -2.09. The van der Waals surface area contributed by atoms with Crippen LogP contribution in [0.25, 0.3) is 0 Å². The molecule has 0 spiro atoms. The summed E-state index contributed by atoms with van der Waals surface area (Å²) in [4.78, 5) is 0. The summed E-state index contributed by atoms with van der Waals surface area (Å²) in [6, 6.07) is 0.511. The van der Waals surface area contributed by atoms with E-state index in [1.54, 1.807) is 0 Å². The van der Waals surface area contributed by atoms with Crippen molar-refractivity contribution in [1.29, 1.82) is 0 Å². The van der Waals surface area contributed by atoms with Crippen LogP contribution in [-0.2, 0) is 0 Å². The molecule has 5 heteroatoms. The van der Waals surface area contributed by atoms with Gasteiger partial charge in [0.25, 0.3) is 0 Å². The van der Waals surface area contributed by atoms with Gasteiger partial charge in [-0.15, -0.1) is 19.0 Å². The molecule has 1 atom stereocenters. The van der Waals surface area contributed by atoms with E-state index >= 15 is 0 Å². The van der Waals surface area contributed by atoms with Gasteiger partial charge in [0, 0.05) is 5.56 Å². The Morgan fingerprint density at radius 2 is 1.71 bits per heavy atom. The molecule has 78 valence electrons. The second kappa shape index (κ2) is 5.02. The number of nitrogens with two attached hydrogens (primary N) is 1. The summed E-state index contributed by atoms with van der Waals surface area (Å²) in [5.74, 6) is -3.24. The first-order valence-electron chi connectivity index (χ1n) is 3.59. The van der Waals surface area contributed by atoms with Gasteiger partial charge < -0.3 is 5.73 Å². The van der Waals surface area contributed by atoms with Crippen molar-refractivity contribution in [3.05, 3.63) is 47.8 Å². The first kappa shape index (κ1) is 13.0. The van der Waals surface area contributed by atoms with Crippen molar-refractivity contribution in [3.63, 3.8) is 0 Å². The highest BCUT2D eigenvalue weighted by Crippen LogP contribution is 2.21. The van der Waals surface area contributed by atoms with Crippen LogP contribution in [0.15, 0.2) is 24.8 Å². The average molecular weight is 224 g/mol. The van der Waals surface area contributed by atoms with Crippen LogP contribution >= 0.6 is 12.4 Å². The highest BCUT2D eigenvalue weighted by Gasteiger charge is 2.17. The average Bonchev–Trinajstić information content (AvgIpc) is 2.12. The molecule has 1 nitrogen and oxygen atoms in total. The second-order valence-electron chi connectivity index (χ2n) is 2.52. The van der Waals surface area contributed by atoms with Crippen LogP contribution < -0.4 is 5.73 Å². The van der Waals surface area contributed by atoms with Crippen LogP contribution in [0.2, 0.25) is 0 Å². The molecule has 0 fully saturated rings. The predicted octanol–water partition coefficient (Wildman–Crippen LogP) is 2.71. The van der Waals surface area contributed by atoms with Crippen molar-refractivity contribution in [2.24, 2.45) is 5.73 Å². The maximum absolute atomic E-state index is 13.0. The van der Waals surface area contributed by atoms with Crippen molar-refractivity contribution in [3.8, 4) is 0 Å². The van der Waals surface area contributed by atoms with Crippen molar-refractivity contribution in [1.82, 2.24) is 0 Å². The first-order valence-corrected chi connectivity index (χ1v) is 3.59. The topological polar surface area (TPSA) is 26.0 Å². The first-order chi connectivity index (χ1) is 6.07. The van der Waals surface area contributed by atoms with Crippen molar-refractivity contribution < 1.29 is 13.2 Å². The smallest absolute Gasteiger partial charge is 0.166 e. The summed E-state index contributed by atoms with van der Waals surface area (Å²) < 4.78 is 38.5. The Bertz CT molecular complexity index is 341. The third kappa shape index (κ3) is 2.27. The number of hydrogen-bond acceptors (Lipinski definition) is 1. The fourth-order valence-electron chi connectivity index (χ4n) is 0.966. The minimum absolute atomic E-state index is 0. The van der Waals surface area contributed by atoms with E-state index in [-0.39, 0.29) is 12.4 Å². The fraction of sp³-hybridized carbons (Fsp3) is 0.111. The van der Waals surface area contributed by atoms with Gasteiger partial charge in [-0.1, -0.05) is 6.08 Å². The van der Waals surface area contributed by atoms with E-state index in [0.29, 0.717) is 6.07 Å². The Labute approximate surface area is 85.8 Å². The van der Waals surface area contributed by atoms with Crippen LogP contribution in [0.1, 0.15) is 11.6 Å². The highest BCUT2D eigenvalue weighted by molar-refractivity contribution is 5.85. The molecule has 0 heterocycles. The molecule has 1 aromatic carbocycles. The highest BCUT2D eigenvalue weighted by atomic mass is 35.5. The monoisotopic (exact) mass is 223 g/mol. The number of benzene rings is 1. The molecule has 0 bridgehead atoms. The van der Waals surface area contributed by atoms with Crippen molar-refractivity contribution >= 4 is 12.4 Å². The molecular weight excluding hydrogens is 215 g/mol. The fourth-order valence-corrected chi connectivity index (χ4v) is 0.966. The van der Waals surface area contributed by atoms with Gasteiger partial charge in [-0.3, -0.25) is 0 Å². The molecule has 1 aromatic rings. The van der Waals surface area contributed by atoms with Gasteiger partial charge in [-0.25, -0.2) is 13.2 Å². The second-order valence-corrected chi connectivity index (χ2v) is 2.52. The Morgan fingerprint density at radius 1 is 1.21 bits per heavy atom. The molecule has 0 aromatic heterocycles. The molecule has 0 aliphatic heterocycles. The molecule has 0 amide bonds. The Kier molecular flexibility index (Phi) is 4.67. The summed E-state index contributed by atoms with van der Waals surface area (Å²) >= 11 is 0. The Balaban J connectivity index is 0.00000169. The summed E-state index contributed by atoms with van der Waals surface area (Å²) in [7, 11) is 0. The summed E-state index contributed by atoms with van der Waals surface area (Å²) in [5.41, 5.74) is 4.81. The minimum Gasteiger partial charge on any atom is -0.321 e. The van der Waals surface area contributed by atoms with Crippen LogP contribution in [0.3, 0.4) is 0 Å². The summed E-state index contributed by atoms with van der Waals surface area (Å²) in [6.45, 7) is 3.27. The van der Waals surface area contributed by atoms with Crippen LogP contribution in [0.5, 0.6) is 0 Å². The third-order valence-corrected chi connectivity index (χ3v) is 1.67. The lowest BCUT2D eigenvalue weighted by molar-refractivity contribution is 0.474. The molecule has 0 aliphatic rings. The molecule has 0 aliphatic carbocycles. The predicted molar refractivity (Wildman–Crippen MR) is 50.7 cm³/mol. The van der Waals surface area contributed by atoms with Crippen LogP contribution in [-0.4, -0.2) is 0 Å². The van der Waals surface area contributed by atoms with Gasteiger partial charge in [0.15, 0.2) is 11.6 Å². The van der Waals surface area contributed by atoms with Crippen LogP contribution in [0, 0.1) is 17.5 Å². The van der Waals surface area contributed by atoms with Crippen molar-refractivity contribution in [2.45, 2.75) is 6.04 Å². The quantitative estimate of drug-likeness (QED) is 0.606. The lowest BCUT2D eigenvalue weighted by Crippen LogP contribution is -2.12. The summed E-state index contributed by atoms with van der Waals surface area (Å²) in [5, 5.41) is 0. The molecule has 0 unspecified atom stereocenters. The van der Waals surface area contributed by atoms with Gasteiger partial charge in [-0.2, -0.15) is 0 Å². The molecular formula is C9H9ClF3N. The Morgan fingerprint density at radius 3 is 2.21 bits per heavy atom. The van der Waals surface area contributed by atoms with E-state index in [1.807, 2.05) is 0 Å². The number of halogens is 4. The lowest BCUT2D eigenvalue weighted by atomic mass is 10.1.